The van der Waals surface area contributed by atoms with E-state index in [2.05, 4.69) is 19.2 Å². The first-order chi connectivity index (χ1) is 10.8. The van der Waals surface area contributed by atoms with Crippen LogP contribution >= 0.6 is 0 Å². The molecule has 1 aliphatic carbocycles. The van der Waals surface area contributed by atoms with Crippen LogP contribution in [0.5, 0.6) is 0 Å². The first-order valence-corrected chi connectivity index (χ1v) is 8.04. The Labute approximate surface area is 136 Å². The zero-order chi connectivity index (χ0) is 16.8. The van der Waals surface area contributed by atoms with Crippen molar-refractivity contribution in [1.29, 1.82) is 0 Å². The molecule has 3 amide bonds. The number of amides is 3. The maximum Gasteiger partial charge on any atom is 0.258 e. The van der Waals surface area contributed by atoms with Crippen molar-refractivity contribution in [3.05, 3.63) is 35.4 Å². The van der Waals surface area contributed by atoms with E-state index in [0.29, 0.717) is 28.5 Å². The average Bonchev–Trinajstić information content (AvgIpc) is 3.00. The van der Waals surface area contributed by atoms with Crippen molar-refractivity contribution >= 4 is 17.7 Å². The van der Waals surface area contributed by atoms with Crippen molar-refractivity contribution in [3.63, 3.8) is 0 Å². The fraction of sp³-hybridized carbons (Fsp3) is 0.500. The minimum Gasteiger partial charge on any atom is -0.342 e. The molecule has 122 valence electrons. The van der Waals surface area contributed by atoms with Gasteiger partial charge >= 0.3 is 0 Å². The molecular weight excluding hydrogens is 292 g/mol. The lowest BCUT2D eigenvalue weighted by Gasteiger charge is -2.18. The molecule has 2 unspecified atom stereocenters. The third kappa shape index (κ3) is 2.64. The molecule has 0 bridgehead atoms. The Morgan fingerprint density at radius 3 is 2.22 bits per heavy atom. The van der Waals surface area contributed by atoms with Crippen LogP contribution in [0.25, 0.3) is 0 Å². The lowest BCUT2D eigenvalue weighted by atomic mass is 10.0. The van der Waals surface area contributed by atoms with Gasteiger partial charge in [-0.2, -0.15) is 0 Å². The summed E-state index contributed by atoms with van der Waals surface area (Å²) in [7, 11) is 1.96. The highest BCUT2D eigenvalue weighted by Crippen LogP contribution is 2.58. The van der Waals surface area contributed by atoms with Crippen molar-refractivity contribution in [2.24, 2.45) is 11.3 Å². The number of hydrogen-bond acceptors (Lipinski definition) is 3. The molecular formula is C18H22N2O3. The van der Waals surface area contributed by atoms with Crippen LogP contribution in [0, 0.1) is 11.3 Å². The summed E-state index contributed by atoms with van der Waals surface area (Å²) in [5.74, 6) is 0.512. The van der Waals surface area contributed by atoms with E-state index >= 15 is 0 Å². The number of likely N-dealkylation sites (tertiary alicyclic amines) is 1. The molecule has 5 nitrogen and oxygen atoms in total. The summed E-state index contributed by atoms with van der Waals surface area (Å²) >= 11 is 0. The van der Waals surface area contributed by atoms with E-state index < -0.39 is 0 Å². The number of hydrogen-bond donors (Lipinski definition) is 1. The van der Waals surface area contributed by atoms with E-state index in [-0.39, 0.29) is 11.8 Å². The van der Waals surface area contributed by atoms with Gasteiger partial charge in [0.05, 0.1) is 11.1 Å². The fourth-order valence-corrected chi connectivity index (χ4v) is 3.94. The first kappa shape index (κ1) is 15.7. The Kier molecular flexibility index (Phi) is 3.74. The normalized spacial score (nSPS) is 27.3. The Morgan fingerprint density at radius 1 is 1.09 bits per heavy atom. The van der Waals surface area contributed by atoms with E-state index in [1.165, 1.54) is 6.42 Å². The predicted octanol–water partition coefficient (Wildman–Crippen LogP) is 2.22. The van der Waals surface area contributed by atoms with Gasteiger partial charge in [0.2, 0.25) is 5.91 Å². The number of carbonyl (C=O) groups excluding carboxylic acids is 3. The van der Waals surface area contributed by atoms with Crippen molar-refractivity contribution < 1.29 is 14.4 Å². The van der Waals surface area contributed by atoms with E-state index in [9.17, 15) is 14.4 Å². The summed E-state index contributed by atoms with van der Waals surface area (Å²) in [5, 5.41) is 2.20. The molecule has 0 radical (unpaired) electrons. The van der Waals surface area contributed by atoms with Gasteiger partial charge in [-0.05, 0) is 36.3 Å². The van der Waals surface area contributed by atoms with Crippen LogP contribution in [0.3, 0.4) is 0 Å². The first-order valence-electron chi connectivity index (χ1n) is 8.04. The average molecular weight is 314 g/mol. The van der Waals surface area contributed by atoms with Crippen molar-refractivity contribution in [3.8, 4) is 0 Å². The molecule has 5 heteroatoms. The minimum atomic E-state index is -0.300. The van der Waals surface area contributed by atoms with Crippen LogP contribution in [-0.4, -0.2) is 35.7 Å². The molecule has 2 fully saturated rings. The molecule has 4 rings (SSSR count). The zero-order valence-electron chi connectivity index (χ0n) is 13.8. The van der Waals surface area contributed by atoms with Gasteiger partial charge in [-0.25, -0.2) is 0 Å². The summed E-state index contributed by atoms with van der Waals surface area (Å²) in [6.07, 6.45) is 3.10. The Hall–Kier alpha value is -2.17. The summed E-state index contributed by atoms with van der Waals surface area (Å²) in [4.78, 5) is 35.3. The van der Waals surface area contributed by atoms with Gasteiger partial charge in [-0.1, -0.05) is 26.0 Å². The molecule has 1 aromatic rings. The number of carbonyl (C=O) groups is 3. The lowest BCUT2D eigenvalue weighted by Crippen LogP contribution is -2.30. The van der Waals surface area contributed by atoms with Crippen molar-refractivity contribution in [2.45, 2.75) is 39.2 Å². The van der Waals surface area contributed by atoms with Crippen molar-refractivity contribution in [1.82, 2.24) is 10.2 Å². The highest BCUT2D eigenvalue weighted by atomic mass is 16.2. The van der Waals surface area contributed by atoms with Gasteiger partial charge in [-0.3, -0.25) is 19.7 Å². The summed E-state index contributed by atoms with van der Waals surface area (Å²) < 4.78 is 0. The van der Waals surface area contributed by atoms with Gasteiger partial charge in [-0.15, -0.1) is 0 Å². The van der Waals surface area contributed by atoms with Crippen molar-refractivity contribution in [2.75, 3.05) is 7.05 Å². The standard InChI is InChI=1S/C10H17NO.C8H5NO2/c1-10(2)7-5-4-6-8(12)11(3)9(7)10;10-7-5-3-1-2-4-6(5)8(11)9-7/h7,9H,4-6H2,1-3H3;1-4H,(H,9,10,11). The lowest BCUT2D eigenvalue weighted by molar-refractivity contribution is -0.130. The van der Waals surface area contributed by atoms with Crippen LogP contribution in [0.4, 0.5) is 0 Å². The Morgan fingerprint density at radius 2 is 1.65 bits per heavy atom. The summed E-state index contributed by atoms with van der Waals surface area (Å²) in [6, 6.07) is 7.27. The SMILES string of the molecule is CN1C(=O)CCCC2C1C2(C)C.O=C1NC(=O)c2ccccc21. The molecule has 23 heavy (non-hydrogen) atoms. The fourth-order valence-electron chi connectivity index (χ4n) is 3.94. The summed E-state index contributed by atoms with van der Waals surface area (Å²) in [6.45, 7) is 4.55. The van der Waals surface area contributed by atoms with Crippen LogP contribution in [0.2, 0.25) is 0 Å². The topological polar surface area (TPSA) is 66.5 Å². The molecule has 1 saturated heterocycles. The molecule has 3 aliphatic rings. The van der Waals surface area contributed by atoms with Gasteiger partial charge in [0.25, 0.3) is 11.8 Å². The maximum absolute atomic E-state index is 11.5. The highest BCUT2D eigenvalue weighted by Gasteiger charge is 2.60. The molecule has 2 heterocycles. The van der Waals surface area contributed by atoms with E-state index in [1.54, 1.807) is 24.3 Å². The second-order valence-corrected chi connectivity index (χ2v) is 7.10. The van der Waals surface area contributed by atoms with Gasteiger partial charge in [0, 0.05) is 19.5 Å². The maximum atomic E-state index is 11.5. The summed E-state index contributed by atoms with van der Waals surface area (Å²) in [5.41, 5.74) is 1.33. The molecule has 0 aromatic heterocycles. The minimum absolute atomic E-state index is 0.300. The highest BCUT2D eigenvalue weighted by molar-refractivity contribution is 6.21. The molecule has 1 N–H and O–H groups in total. The monoisotopic (exact) mass is 314 g/mol. The Balaban J connectivity index is 0.000000136. The number of imide groups is 1. The zero-order valence-corrected chi connectivity index (χ0v) is 13.8. The van der Waals surface area contributed by atoms with Gasteiger partial charge in [0.15, 0.2) is 0 Å². The Bertz CT molecular complexity index is 648. The number of nitrogens with zero attached hydrogens (tertiary/aromatic N) is 1. The van der Waals surface area contributed by atoms with Gasteiger partial charge < -0.3 is 4.90 Å². The van der Waals surface area contributed by atoms with Gasteiger partial charge in [0.1, 0.15) is 0 Å². The van der Waals surface area contributed by atoms with E-state index in [4.69, 9.17) is 0 Å². The largest absolute Gasteiger partial charge is 0.342 e. The predicted molar refractivity (Wildman–Crippen MR) is 85.9 cm³/mol. The van der Waals surface area contributed by atoms with Crippen LogP contribution in [0.15, 0.2) is 24.3 Å². The van der Waals surface area contributed by atoms with E-state index in [0.717, 1.165) is 18.8 Å². The second-order valence-electron chi connectivity index (χ2n) is 7.10. The molecule has 2 atom stereocenters. The van der Waals surface area contributed by atoms with Crippen LogP contribution in [-0.2, 0) is 4.79 Å². The quantitative estimate of drug-likeness (QED) is 0.747. The third-order valence-electron chi connectivity index (χ3n) is 5.35. The molecule has 2 aliphatic heterocycles. The smallest absolute Gasteiger partial charge is 0.258 e. The third-order valence-corrected chi connectivity index (χ3v) is 5.35. The number of nitrogens with one attached hydrogen (secondary N) is 1. The number of rotatable bonds is 0. The molecule has 1 aromatic carbocycles. The molecule has 1 saturated carbocycles. The second kappa shape index (κ2) is 5.48. The molecule has 0 spiro atoms. The van der Waals surface area contributed by atoms with Crippen LogP contribution in [0.1, 0.15) is 53.8 Å². The number of fused-ring (bicyclic) bond motifs is 2. The van der Waals surface area contributed by atoms with Crippen LogP contribution < -0.4 is 5.32 Å². The number of benzene rings is 1. The van der Waals surface area contributed by atoms with E-state index in [1.807, 2.05) is 11.9 Å².